The first kappa shape index (κ1) is 14.2. The predicted molar refractivity (Wildman–Crippen MR) is 66.5 cm³/mol. The molecule has 1 aromatic carbocycles. The van der Waals surface area contributed by atoms with Gasteiger partial charge in [-0.05, 0) is 24.2 Å². The summed E-state index contributed by atoms with van der Waals surface area (Å²) in [5.41, 5.74) is 1.63. The van der Waals surface area contributed by atoms with Gasteiger partial charge >= 0.3 is 6.18 Å². The quantitative estimate of drug-likeness (QED) is 0.681. The Morgan fingerprint density at radius 1 is 1.20 bits per heavy atom. The minimum absolute atomic E-state index is 0.330. The summed E-state index contributed by atoms with van der Waals surface area (Å²) in [4.78, 5) is 10.7. The van der Waals surface area contributed by atoms with Crippen LogP contribution in [0.1, 0.15) is 22.5 Å². The maximum absolute atomic E-state index is 12.5. The van der Waals surface area contributed by atoms with Crippen LogP contribution in [0, 0.1) is 18.8 Å². The van der Waals surface area contributed by atoms with Gasteiger partial charge in [-0.15, -0.1) is 9.59 Å². The second-order valence-corrected chi connectivity index (χ2v) is 4.54. The van der Waals surface area contributed by atoms with E-state index in [-0.39, 0.29) is 0 Å². The van der Waals surface area contributed by atoms with Crippen LogP contribution in [-0.4, -0.2) is 5.10 Å². The molecule has 0 saturated carbocycles. The summed E-state index contributed by atoms with van der Waals surface area (Å²) in [7, 11) is 0. The van der Waals surface area contributed by atoms with E-state index in [2.05, 4.69) is 10.3 Å². The van der Waals surface area contributed by atoms with Crippen molar-refractivity contribution in [2.45, 2.75) is 26.6 Å². The van der Waals surface area contributed by atoms with Crippen molar-refractivity contribution in [3.63, 3.8) is 0 Å². The second kappa shape index (κ2) is 5.07. The van der Waals surface area contributed by atoms with Crippen LogP contribution in [0.5, 0.6) is 0 Å². The zero-order chi connectivity index (χ0) is 14.9. The molecular weight excluding hydrogens is 271 g/mol. The van der Waals surface area contributed by atoms with Crippen LogP contribution in [0.3, 0.4) is 0 Å². The molecule has 0 amide bonds. The van der Waals surface area contributed by atoms with Crippen LogP contribution in [0.4, 0.5) is 18.9 Å². The lowest BCUT2D eigenvalue weighted by atomic mass is 10.1. The largest absolute Gasteiger partial charge is 0.416 e. The van der Waals surface area contributed by atoms with Gasteiger partial charge in [0.05, 0.1) is 5.56 Å². The first-order valence-corrected chi connectivity index (χ1v) is 5.91. The summed E-state index contributed by atoms with van der Waals surface area (Å²) in [5.74, 6) is 0. The second-order valence-electron chi connectivity index (χ2n) is 4.54. The Balaban J connectivity index is 2.25. The van der Waals surface area contributed by atoms with E-state index < -0.39 is 11.7 Å². The molecule has 0 aliphatic rings. The molecule has 0 spiro atoms. The number of H-pyrrole nitrogens is 1. The van der Waals surface area contributed by atoms with Gasteiger partial charge in [-0.2, -0.15) is 18.3 Å². The molecule has 0 saturated heterocycles. The Labute approximate surface area is 113 Å². The molecule has 20 heavy (non-hydrogen) atoms. The summed E-state index contributed by atoms with van der Waals surface area (Å²) in [6.07, 6.45) is -4.33. The molecule has 0 radical (unpaired) electrons. The van der Waals surface area contributed by atoms with Gasteiger partial charge in [0.1, 0.15) is 5.69 Å². The van der Waals surface area contributed by atoms with Crippen LogP contribution in [0.25, 0.3) is 0 Å². The monoisotopic (exact) mass is 284 g/mol. The van der Waals surface area contributed by atoms with Gasteiger partial charge in [-0.25, -0.2) is 0 Å². The number of aromatic amines is 1. The molecule has 7 heteroatoms. The molecule has 0 bridgehead atoms. The summed E-state index contributed by atoms with van der Waals surface area (Å²) >= 11 is 0. The summed E-state index contributed by atoms with van der Waals surface area (Å²) in [6.45, 7) is 3.79. The van der Waals surface area contributed by atoms with Crippen LogP contribution in [0.15, 0.2) is 29.4 Å². The average Bonchev–Trinajstić information content (AvgIpc) is 2.63. The Hall–Kier alpha value is -2.18. The third-order valence-corrected chi connectivity index (χ3v) is 3.12. The van der Waals surface area contributed by atoms with Crippen LogP contribution >= 0.6 is 0 Å². The molecule has 0 unspecified atom stereocenters. The SMILES string of the molecule is Cc1[nH][n+](Cc2ccc(C(F)(F)F)cc2)c(C)c1N=O. The number of rotatable bonds is 3. The van der Waals surface area contributed by atoms with Gasteiger partial charge in [0, 0.05) is 12.5 Å². The first-order valence-electron chi connectivity index (χ1n) is 5.91. The molecule has 1 N–H and O–H groups in total. The third-order valence-electron chi connectivity index (χ3n) is 3.12. The molecular formula is C13H13F3N3O+. The third kappa shape index (κ3) is 2.71. The number of nitroso groups, excluding NO2 is 1. The molecule has 106 valence electrons. The van der Waals surface area contributed by atoms with E-state index in [0.717, 1.165) is 12.1 Å². The Morgan fingerprint density at radius 2 is 1.80 bits per heavy atom. The van der Waals surface area contributed by atoms with Gasteiger partial charge in [0.15, 0.2) is 6.54 Å². The molecule has 4 nitrogen and oxygen atoms in total. The number of hydrogen-bond donors (Lipinski definition) is 1. The number of benzene rings is 1. The van der Waals surface area contributed by atoms with E-state index in [4.69, 9.17) is 0 Å². The van der Waals surface area contributed by atoms with E-state index in [1.54, 1.807) is 18.5 Å². The van der Waals surface area contributed by atoms with Crippen molar-refractivity contribution in [3.8, 4) is 0 Å². The maximum atomic E-state index is 12.5. The van der Waals surface area contributed by atoms with Gasteiger partial charge in [0.2, 0.25) is 11.4 Å². The zero-order valence-electron chi connectivity index (χ0n) is 11.0. The molecule has 0 aliphatic heterocycles. The number of hydrogen-bond acceptors (Lipinski definition) is 2. The Bertz CT molecular complexity index is 630. The molecule has 2 aromatic rings. The highest BCUT2D eigenvalue weighted by atomic mass is 19.4. The van der Waals surface area contributed by atoms with Crippen molar-refractivity contribution in [1.29, 1.82) is 0 Å². The number of alkyl halides is 3. The molecule has 1 aromatic heterocycles. The number of nitrogens with zero attached hydrogens (tertiary/aromatic N) is 2. The van der Waals surface area contributed by atoms with Crippen LogP contribution < -0.4 is 4.68 Å². The highest BCUT2D eigenvalue weighted by molar-refractivity contribution is 5.42. The molecule has 0 aliphatic carbocycles. The summed E-state index contributed by atoms with van der Waals surface area (Å²) in [5, 5.41) is 5.89. The van der Waals surface area contributed by atoms with E-state index in [9.17, 15) is 18.1 Å². The van der Waals surface area contributed by atoms with Crippen molar-refractivity contribution in [1.82, 2.24) is 5.10 Å². The van der Waals surface area contributed by atoms with Crippen molar-refractivity contribution in [3.05, 3.63) is 51.7 Å². The number of aryl methyl sites for hydroxylation is 1. The summed E-state index contributed by atoms with van der Waals surface area (Å²) in [6, 6.07) is 4.92. The highest BCUT2D eigenvalue weighted by Crippen LogP contribution is 2.29. The van der Waals surface area contributed by atoms with Crippen LogP contribution in [0.2, 0.25) is 0 Å². The molecule has 2 rings (SSSR count). The van der Waals surface area contributed by atoms with E-state index in [1.165, 1.54) is 12.1 Å². The standard InChI is InChI=1S/C13H12F3N3O/c1-8-12(18-20)9(2)19(17-8)7-10-3-5-11(6-4-10)13(14,15)16/h3-6H,7H2,1-2H3/p+1. The zero-order valence-corrected chi connectivity index (χ0v) is 11.0. The van der Waals surface area contributed by atoms with Crippen molar-refractivity contribution >= 4 is 5.69 Å². The lowest BCUT2D eigenvalue weighted by molar-refractivity contribution is -0.747. The number of halogens is 3. The fraction of sp³-hybridized carbons (Fsp3) is 0.308. The van der Waals surface area contributed by atoms with Crippen molar-refractivity contribution in [2.75, 3.05) is 0 Å². The highest BCUT2D eigenvalue weighted by Gasteiger charge is 2.30. The summed E-state index contributed by atoms with van der Waals surface area (Å²) < 4.78 is 39.0. The molecule has 0 atom stereocenters. The average molecular weight is 284 g/mol. The minimum atomic E-state index is -4.33. The smallest absolute Gasteiger partial charge is 0.167 e. The first-order chi connectivity index (χ1) is 9.32. The fourth-order valence-corrected chi connectivity index (χ4v) is 2.01. The van der Waals surface area contributed by atoms with Crippen molar-refractivity contribution < 1.29 is 17.9 Å². The normalized spacial score (nSPS) is 11.7. The Morgan fingerprint density at radius 3 is 2.25 bits per heavy atom. The molecule has 1 heterocycles. The van der Waals surface area contributed by atoms with Crippen molar-refractivity contribution in [2.24, 2.45) is 5.18 Å². The van der Waals surface area contributed by atoms with Crippen LogP contribution in [-0.2, 0) is 12.7 Å². The van der Waals surface area contributed by atoms with E-state index in [1.807, 2.05) is 0 Å². The van der Waals surface area contributed by atoms with Gasteiger partial charge in [0.25, 0.3) is 0 Å². The van der Waals surface area contributed by atoms with Gasteiger partial charge < -0.3 is 0 Å². The fourth-order valence-electron chi connectivity index (χ4n) is 2.01. The number of aromatic nitrogens is 2. The topological polar surface area (TPSA) is 49.1 Å². The Kier molecular flexibility index (Phi) is 3.61. The maximum Gasteiger partial charge on any atom is 0.416 e. The molecule has 0 fully saturated rings. The van der Waals surface area contributed by atoms with Gasteiger partial charge in [-0.3, -0.25) is 0 Å². The lowest BCUT2D eigenvalue weighted by Crippen LogP contribution is -2.38. The minimum Gasteiger partial charge on any atom is -0.167 e. The van der Waals surface area contributed by atoms with E-state index >= 15 is 0 Å². The number of nitrogens with one attached hydrogen (secondary N) is 1. The van der Waals surface area contributed by atoms with Gasteiger partial charge in [-0.1, -0.05) is 12.1 Å². The predicted octanol–water partition coefficient (Wildman–Crippen LogP) is 3.38. The van der Waals surface area contributed by atoms with E-state index in [0.29, 0.717) is 29.2 Å². The lowest BCUT2D eigenvalue weighted by Gasteiger charge is -2.06.